The van der Waals surface area contributed by atoms with E-state index in [1.54, 1.807) is 6.08 Å². The lowest BCUT2D eigenvalue weighted by Crippen LogP contribution is -2.05. The van der Waals surface area contributed by atoms with E-state index in [2.05, 4.69) is 25.9 Å². The smallest absolute Gasteiger partial charge is 0.152 e. The molecule has 2 aromatic rings. The largest absolute Gasteiger partial charge is 0.383 e. The molecule has 1 heterocycles. The van der Waals surface area contributed by atoms with E-state index >= 15 is 0 Å². The summed E-state index contributed by atoms with van der Waals surface area (Å²) in [5, 5.41) is -0.550. The van der Waals surface area contributed by atoms with Crippen molar-refractivity contribution in [3.63, 3.8) is 0 Å². The van der Waals surface area contributed by atoms with Gasteiger partial charge in [0.15, 0.2) is 5.82 Å². The summed E-state index contributed by atoms with van der Waals surface area (Å²) < 4.78 is 28.5. The van der Waals surface area contributed by atoms with Crippen LogP contribution in [0.2, 0.25) is 5.02 Å². The molecule has 1 aliphatic rings. The van der Waals surface area contributed by atoms with Crippen LogP contribution in [0.1, 0.15) is 16.8 Å². The summed E-state index contributed by atoms with van der Waals surface area (Å²) in [5.74, 6) is -1.32. The second kappa shape index (κ2) is 5.78. The first kappa shape index (κ1) is 15.1. The van der Waals surface area contributed by atoms with Gasteiger partial charge < -0.3 is 5.73 Å². The molecule has 0 unspecified atom stereocenters. The topological polar surface area (TPSA) is 51.8 Å². The second-order valence-electron chi connectivity index (χ2n) is 4.66. The van der Waals surface area contributed by atoms with Crippen molar-refractivity contribution in [2.75, 3.05) is 5.73 Å². The molecule has 112 valence electrons. The third-order valence-electron chi connectivity index (χ3n) is 3.34. The van der Waals surface area contributed by atoms with Crippen LogP contribution in [0.3, 0.4) is 0 Å². The lowest BCUT2D eigenvalue weighted by Gasteiger charge is -2.12. The first-order valence-electron chi connectivity index (χ1n) is 6.30. The fourth-order valence-corrected chi connectivity index (χ4v) is 2.82. The predicted molar refractivity (Wildman–Crippen MR) is 85.6 cm³/mol. The Labute approximate surface area is 138 Å². The van der Waals surface area contributed by atoms with Crippen molar-refractivity contribution in [1.82, 2.24) is 9.97 Å². The van der Waals surface area contributed by atoms with E-state index in [-0.39, 0.29) is 5.56 Å². The summed E-state index contributed by atoms with van der Waals surface area (Å²) in [6.07, 6.45) is 5.38. The van der Waals surface area contributed by atoms with E-state index < -0.39 is 16.7 Å². The number of anilines is 1. The molecule has 7 heteroatoms. The molecule has 0 saturated carbocycles. The predicted octanol–water partition coefficient (Wildman–Crippen LogP) is 4.26. The second-order valence-corrected chi connectivity index (χ2v) is 5.95. The van der Waals surface area contributed by atoms with Crippen molar-refractivity contribution >= 4 is 38.9 Å². The summed E-state index contributed by atoms with van der Waals surface area (Å²) in [7, 11) is 0. The molecule has 0 amide bonds. The fourth-order valence-electron chi connectivity index (χ4n) is 2.26. The number of hydrogen-bond acceptors (Lipinski definition) is 3. The van der Waals surface area contributed by atoms with Crippen molar-refractivity contribution in [1.29, 1.82) is 0 Å². The minimum Gasteiger partial charge on any atom is -0.383 e. The number of fused-ring (bicyclic) bond motifs is 1. The molecular weight excluding hydrogens is 376 g/mol. The van der Waals surface area contributed by atoms with Crippen LogP contribution in [0, 0.1) is 11.6 Å². The van der Waals surface area contributed by atoms with Gasteiger partial charge in [-0.25, -0.2) is 18.7 Å². The number of rotatable bonds is 1. The van der Waals surface area contributed by atoms with E-state index in [4.69, 9.17) is 17.3 Å². The Morgan fingerprint density at radius 3 is 2.77 bits per heavy atom. The Bertz CT molecular complexity index is 834. The van der Waals surface area contributed by atoms with Crippen LogP contribution in [0.4, 0.5) is 14.6 Å². The van der Waals surface area contributed by atoms with Gasteiger partial charge in [0.05, 0.1) is 5.69 Å². The van der Waals surface area contributed by atoms with E-state index in [0.717, 1.165) is 10.5 Å². The summed E-state index contributed by atoms with van der Waals surface area (Å²) in [6.45, 7) is 0. The molecule has 22 heavy (non-hydrogen) atoms. The number of halogens is 4. The maximum absolute atomic E-state index is 14.4. The van der Waals surface area contributed by atoms with Gasteiger partial charge in [0.25, 0.3) is 0 Å². The number of nitrogens with zero attached hydrogens (tertiary/aromatic N) is 2. The van der Waals surface area contributed by atoms with Gasteiger partial charge in [-0.05, 0) is 24.6 Å². The molecule has 0 bridgehead atoms. The highest BCUT2D eigenvalue weighted by Gasteiger charge is 2.22. The number of benzene rings is 1. The maximum atomic E-state index is 14.4. The van der Waals surface area contributed by atoms with Crippen LogP contribution in [-0.4, -0.2) is 9.97 Å². The maximum Gasteiger partial charge on any atom is 0.152 e. The number of allylic oxidation sites excluding steroid dienone is 3. The average Bonchev–Trinajstić information content (AvgIpc) is 2.66. The van der Waals surface area contributed by atoms with Crippen molar-refractivity contribution in [3.05, 3.63) is 68.6 Å². The summed E-state index contributed by atoms with van der Waals surface area (Å²) >= 11 is 9.06. The molecule has 0 radical (unpaired) electrons. The normalized spacial score (nSPS) is 14.0. The van der Waals surface area contributed by atoms with Crippen molar-refractivity contribution in [2.45, 2.75) is 6.42 Å². The molecule has 0 aliphatic heterocycles. The van der Waals surface area contributed by atoms with E-state index in [9.17, 15) is 8.78 Å². The zero-order chi connectivity index (χ0) is 15.9. The molecule has 2 N–H and O–H groups in total. The minimum atomic E-state index is -0.835. The van der Waals surface area contributed by atoms with Crippen molar-refractivity contribution in [2.24, 2.45) is 0 Å². The Hall–Kier alpha value is -1.79. The van der Waals surface area contributed by atoms with Crippen LogP contribution in [0.5, 0.6) is 0 Å². The zero-order valence-corrected chi connectivity index (χ0v) is 13.4. The molecule has 0 atom stereocenters. The molecule has 1 aromatic carbocycles. The van der Waals surface area contributed by atoms with Gasteiger partial charge in [0.1, 0.15) is 23.0 Å². The van der Waals surface area contributed by atoms with Crippen LogP contribution in [0.25, 0.3) is 5.57 Å². The highest BCUT2D eigenvalue weighted by molar-refractivity contribution is 9.11. The van der Waals surface area contributed by atoms with Gasteiger partial charge in [0.2, 0.25) is 0 Å². The highest BCUT2D eigenvalue weighted by atomic mass is 79.9. The average molecular weight is 385 g/mol. The third kappa shape index (κ3) is 2.53. The van der Waals surface area contributed by atoms with Crippen LogP contribution in [0.15, 0.2) is 35.1 Å². The standard InChI is InChI=1S/C15H9BrClF2N3/c16-7-1-2-9-14(21-6-22-15(9)20)10(5-7)8-3-4-11(18)12(17)13(8)19/h1,3-6H,2H2,(H2,20,21,22). The Morgan fingerprint density at radius 2 is 2.00 bits per heavy atom. The molecule has 3 rings (SSSR count). The summed E-state index contributed by atoms with van der Waals surface area (Å²) in [5.41, 5.74) is 7.68. The SMILES string of the molecule is Nc1ncnc2c1CC=C(Br)C=C2c1ccc(F)c(Cl)c1F. The van der Waals surface area contributed by atoms with Gasteiger partial charge in [0, 0.05) is 21.2 Å². The lowest BCUT2D eigenvalue weighted by molar-refractivity contribution is 0.582. The molecule has 1 aliphatic carbocycles. The van der Waals surface area contributed by atoms with E-state index in [1.165, 1.54) is 12.4 Å². The van der Waals surface area contributed by atoms with E-state index in [0.29, 0.717) is 29.1 Å². The van der Waals surface area contributed by atoms with Crippen LogP contribution >= 0.6 is 27.5 Å². The zero-order valence-electron chi connectivity index (χ0n) is 11.1. The Kier molecular flexibility index (Phi) is 3.97. The van der Waals surface area contributed by atoms with Gasteiger partial charge >= 0.3 is 0 Å². The first-order valence-corrected chi connectivity index (χ1v) is 7.47. The molecule has 0 saturated heterocycles. The van der Waals surface area contributed by atoms with Crippen LogP contribution < -0.4 is 5.73 Å². The Morgan fingerprint density at radius 1 is 1.23 bits per heavy atom. The van der Waals surface area contributed by atoms with Crippen LogP contribution in [-0.2, 0) is 6.42 Å². The quantitative estimate of drug-likeness (QED) is 0.748. The number of aromatic nitrogens is 2. The minimum absolute atomic E-state index is 0.151. The van der Waals surface area contributed by atoms with Gasteiger partial charge in [-0.2, -0.15) is 0 Å². The third-order valence-corrected chi connectivity index (χ3v) is 4.24. The van der Waals surface area contributed by atoms with Gasteiger partial charge in [-0.3, -0.25) is 0 Å². The van der Waals surface area contributed by atoms with E-state index in [1.807, 2.05) is 6.08 Å². The molecule has 0 fully saturated rings. The van der Waals surface area contributed by atoms with Crippen molar-refractivity contribution in [3.8, 4) is 0 Å². The Balaban J connectivity index is 2.29. The van der Waals surface area contributed by atoms with Gasteiger partial charge in [-0.1, -0.05) is 33.6 Å². The van der Waals surface area contributed by atoms with Gasteiger partial charge in [-0.15, -0.1) is 0 Å². The summed E-state index contributed by atoms with van der Waals surface area (Å²) in [6, 6.07) is 2.45. The first-order chi connectivity index (χ1) is 10.5. The molecule has 0 spiro atoms. The van der Waals surface area contributed by atoms with Crippen molar-refractivity contribution < 1.29 is 8.78 Å². The monoisotopic (exact) mass is 383 g/mol. The highest BCUT2D eigenvalue weighted by Crippen LogP contribution is 2.35. The number of nitrogen functional groups attached to an aromatic ring is 1. The number of hydrogen-bond donors (Lipinski definition) is 1. The summed E-state index contributed by atoms with van der Waals surface area (Å²) in [4.78, 5) is 8.16. The molecule has 3 nitrogen and oxygen atoms in total. The molecular formula is C15H9BrClF2N3. The number of nitrogens with two attached hydrogens (primary N) is 1. The molecule has 1 aromatic heterocycles. The fraction of sp³-hybridized carbons (Fsp3) is 0.0667. The lowest BCUT2D eigenvalue weighted by atomic mass is 9.98.